The van der Waals surface area contributed by atoms with Crippen molar-refractivity contribution in [1.82, 2.24) is 10.2 Å². The van der Waals surface area contributed by atoms with E-state index in [4.69, 9.17) is 10.5 Å². The number of hydrogen-bond donors (Lipinski definition) is 3. The molecule has 3 amide bonds. The molecule has 176 valence electrons. The molecule has 0 bridgehead atoms. The Labute approximate surface area is 195 Å². The fraction of sp³-hybridized carbons (Fsp3) is 0.462. The normalized spacial score (nSPS) is 22.2. The molecule has 1 heterocycles. The molecule has 2 aromatic rings. The number of methoxy groups -OCH3 is 1. The second-order valence-electron chi connectivity index (χ2n) is 9.13. The largest absolute Gasteiger partial charge is 0.496 e. The van der Waals surface area contributed by atoms with Gasteiger partial charge in [-0.05, 0) is 49.8 Å². The van der Waals surface area contributed by atoms with E-state index in [1.54, 1.807) is 25.3 Å². The number of nitrogens with zero attached hydrogens (tertiary/aromatic N) is 1. The van der Waals surface area contributed by atoms with E-state index in [9.17, 15) is 9.59 Å². The number of ether oxygens (including phenoxy) is 1. The van der Waals surface area contributed by atoms with E-state index >= 15 is 0 Å². The number of nitrogens with two attached hydrogens (primary N) is 1. The standard InChI is InChI=1S/C26H34N4O3/c1-33-22-18-20(29-25(32)28-16-13-19-8-3-2-4-9-19)11-12-21(22)24(31)30-17-7-15-26(27)14-6-5-10-23(26)30/h2-4,8-9,11-12,18,23H,5-7,10,13-17,27H2,1H3,(H2,28,29,32)/t23-,26?/m1/s1. The van der Waals surface area contributed by atoms with Crippen LogP contribution in [-0.2, 0) is 6.42 Å². The highest BCUT2D eigenvalue weighted by Crippen LogP contribution is 2.38. The van der Waals surface area contributed by atoms with Gasteiger partial charge in [-0.3, -0.25) is 4.79 Å². The van der Waals surface area contributed by atoms with Crippen molar-refractivity contribution in [2.45, 2.75) is 56.5 Å². The lowest BCUT2D eigenvalue weighted by molar-refractivity contribution is 0.0284. The van der Waals surface area contributed by atoms with Gasteiger partial charge in [-0.25, -0.2) is 4.79 Å². The molecule has 1 unspecified atom stereocenters. The Balaban J connectivity index is 1.40. The maximum absolute atomic E-state index is 13.5. The lowest BCUT2D eigenvalue weighted by Gasteiger charge is -2.50. The zero-order chi connectivity index (χ0) is 23.3. The molecule has 33 heavy (non-hydrogen) atoms. The number of piperidine rings is 1. The summed E-state index contributed by atoms with van der Waals surface area (Å²) >= 11 is 0. The summed E-state index contributed by atoms with van der Waals surface area (Å²) in [6.07, 6.45) is 6.81. The van der Waals surface area contributed by atoms with E-state index < -0.39 is 0 Å². The van der Waals surface area contributed by atoms with Gasteiger partial charge in [0.2, 0.25) is 0 Å². The molecule has 1 saturated carbocycles. The number of likely N-dealkylation sites (tertiary alicyclic amines) is 1. The number of hydrogen-bond acceptors (Lipinski definition) is 4. The van der Waals surface area contributed by atoms with Crippen molar-refractivity contribution < 1.29 is 14.3 Å². The average Bonchev–Trinajstić information content (AvgIpc) is 2.83. The number of carbonyl (C=O) groups excluding carboxylic acids is 2. The van der Waals surface area contributed by atoms with Gasteiger partial charge in [0.15, 0.2) is 0 Å². The highest BCUT2D eigenvalue weighted by atomic mass is 16.5. The van der Waals surface area contributed by atoms with Crippen molar-refractivity contribution >= 4 is 17.6 Å². The molecule has 0 aromatic heterocycles. The topological polar surface area (TPSA) is 96.7 Å². The first-order valence-electron chi connectivity index (χ1n) is 11.9. The minimum absolute atomic E-state index is 0.0489. The number of carbonyl (C=O) groups is 2. The summed E-state index contributed by atoms with van der Waals surface area (Å²) in [6.45, 7) is 1.25. The van der Waals surface area contributed by atoms with Crippen LogP contribution >= 0.6 is 0 Å². The van der Waals surface area contributed by atoms with E-state index in [2.05, 4.69) is 10.6 Å². The van der Waals surface area contributed by atoms with Crippen molar-refractivity contribution in [3.05, 3.63) is 59.7 Å². The Morgan fingerprint density at radius 3 is 2.70 bits per heavy atom. The van der Waals surface area contributed by atoms with E-state index in [1.165, 1.54) is 5.56 Å². The van der Waals surface area contributed by atoms with Crippen LogP contribution in [0.4, 0.5) is 10.5 Å². The summed E-state index contributed by atoms with van der Waals surface area (Å²) in [4.78, 5) is 27.7. The number of anilines is 1. The van der Waals surface area contributed by atoms with Crippen LogP contribution in [0.3, 0.4) is 0 Å². The van der Waals surface area contributed by atoms with Crippen molar-refractivity contribution in [3.63, 3.8) is 0 Å². The van der Waals surface area contributed by atoms with Crippen LogP contribution in [0.2, 0.25) is 0 Å². The second kappa shape index (κ2) is 10.3. The van der Waals surface area contributed by atoms with Crippen molar-refractivity contribution in [1.29, 1.82) is 0 Å². The number of urea groups is 1. The third-order valence-electron chi connectivity index (χ3n) is 6.94. The fourth-order valence-corrected chi connectivity index (χ4v) is 5.22. The molecule has 2 aromatic carbocycles. The molecule has 4 rings (SSSR count). The molecule has 2 atom stereocenters. The Morgan fingerprint density at radius 1 is 1.12 bits per heavy atom. The summed E-state index contributed by atoms with van der Waals surface area (Å²) in [5.41, 5.74) is 8.68. The molecule has 0 spiro atoms. The maximum Gasteiger partial charge on any atom is 0.319 e. The number of nitrogens with one attached hydrogen (secondary N) is 2. The molecule has 7 nitrogen and oxygen atoms in total. The third kappa shape index (κ3) is 5.30. The predicted octanol–water partition coefficient (Wildman–Crippen LogP) is 3.94. The monoisotopic (exact) mass is 450 g/mol. The molecular weight excluding hydrogens is 416 g/mol. The van der Waals surface area contributed by atoms with Crippen LogP contribution in [0.15, 0.2) is 48.5 Å². The molecule has 0 radical (unpaired) electrons. The molecule has 2 aliphatic rings. The Morgan fingerprint density at radius 2 is 1.91 bits per heavy atom. The van der Waals surface area contributed by atoms with Crippen LogP contribution in [0, 0.1) is 0 Å². The van der Waals surface area contributed by atoms with Gasteiger partial charge in [0.25, 0.3) is 5.91 Å². The molecule has 1 aliphatic carbocycles. The van der Waals surface area contributed by atoms with Gasteiger partial charge in [-0.2, -0.15) is 0 Å². The van der Waals surface area contributed by atoms with Gasteiger partial charge in [0, 0.05) is 36.4 Å². The number of rotatable bonds is 6. The van der Waals surface area contributed by atoms with Crippen LogP contribution in [0.1, 0.15) is 54.4 Å². The fourth-order valence-electron chi connectivity index (χ4n) is 5.22. The first kappa shape index (κ1) is 23.1. The van der Waals surface area contributed by atoms with Gasteiger partial charge in [-0.15, -0.1) is 0 Å². The summed E-state index contributed by atoms with van der Waals surface area (Å²) < 4.78 is 5.53. The first-order chi connectivity index (χ1) is 16.0. The second-order valence-corrected chi connectivity index (χ2v) is 9.13. The van der Waals surface area contributed by atoms with E-state index in [1.807, 2.05) is 35.2 Å². The molecule has 7 heteroatoms. The van der Waals surface area contributed by atoms with Crippen molar-refractivity contribution in [3.8, 4) is 5.75 Å². The van der Waals surface area contributed by atoms with Gasteiger partial charge >= 0.3 is 6.03 Å². The third-order valence-corrected chi connectivity index (χ3v) is 6.94. The highest BCUT2D eigenvalue weighted by Gasteiger charge is 2.45. The van der Waals surface area contributed by atoms with E-state index in [0.29, 0.717) is 23.5 Å². The number of amides is 3. The average molecular weight is 451 g/mol. The van der Waals surface area contributed by atoms with Gasteiger partial charge in [-0.1, -0.05) is 43.2 Å². The van der Waals surface area contributed by atoms with E-state index in [-0.39, 0.29) is 23.5 Å². The Bertz CT molecular complexity index is 977. The maximum atomic E-state index is 13.5. The van der Waals surface area contributed by atoms with Crippen molar-refractivity contribution in [2.24, 2.45) is 5.73 Å². The molecule has 4 N–H and O–H groups in total. The van der Waals surface area contributed by atoms with Gasteiger partial charge < -0.3 is 26.0 Å². The molecule has 1 aliphatic heterocycles. The van der Waals surface area contributed by atoms with E-state index in [0.717, 1.165) is 51.5 Å². The zero-order valence-electron chi connectivity index (χ0n) is 19.3. The molecular formula is C26H34N4O3. The molecule has 1 saturated heterocycles. The minimum Gasteiger partial charge on any atom is -0.496 e. The zero-order valence-corrected chi connectivity index (χ0v) is 19.3. The Kier molecular flexibility index (Phi) is 7.18. The number of benzene rings is 2. The highest BCUT2D eigenvalue weighted by molar-refractivity contribution is 5.98. The summed E-state index contributed by atoms with van der Waals surface area (Å²) in [6, 6.07) is 15.0. The Hall–Kier alpha value is -3.06. The smallest absolute Gasteiger partial charge is 0.319 e. The van der Waals surface area contributed by atoms with Crippen LogP contribution in [0.25, 0.3) is 0 Å². The number of fused-ring (bicyclic) bond motifs is 1. The summed E-state index contributed by atoms with van der Waals surface area (Å²) in [5.74, 6) is 0.401. The predicted molar refractivity (Wildman–Crippen MR) is 130 cm³/mol. The van der Waals surface area contributed by atoms with Gasteiger partial charge in [0.1, 0.15) is 5.75 Å². The van der Waals surface area contributed by atoms with Crippen molar-refractivity contribution in [2.75, 3.05) is 25.5 Å². The summed E-state index contributed by atoms with van der Waals surface area (Å²) in [7, 11) is 1.54. The minimum atomic E-state index is -0.293. The lowest BCUT2D eigenvalue weighted by atomic mass is 9.72. The van der Waals surface area contributed by atoms with Crippen LogP contribution in [0.5, 0.6) is 5.75 Å². The quantitative estimate of drug-likeness (QED) is 0.621. The van der Waals surface area contributed by atoms with Gasteiger partial charge in [0.05, 0.1) is 12.7 Å². The lowest BCUT2D eigenvalue weighted by Crippen LogP contribution is -2.64. The summed E-state index contributed by atoms with van der Waals surface area (Å²) in [5, 5.41) is 5.69. The molecule has 2 fully saturated rings. The van der Waals surface area contributed by atoms with Crippen LogP contribution < -0.4 is 21.1 Å². The first-order valence-corrected chi connectivity index (χ1v) is 11.9. The van der Waals surface area contributed by atoms with Crippen LogP contribution in [-0.4, -0.2) is 48.6 Å². The SMILES string of the molecule is COc1cc(NC(=O)NCCc2ccccc2)ccc1C(=O)N1CCCC2(N)CCCC[C@@H]12.